The van der Waals surface area contributed by atoms with Gasteiger partial charge in [-0.25, -0.2) is 13.8 Å². The quantitative estimate of drug-likeness (QED) is 0.621. The van der Waals surface area contributed by atoms with Gasteiger partial charge in [0.15, 0.2) is 5.96 Å². The molecule has 0 aromatic heterocycles. The number of aliphatic imine (C=N–C) groups is 1. The van der Waals surface area contributed by atoms with Crippen LogP contribution >= 0.6 is 0 Å². The third-order valence-electron chi connectivity index (χ3n) is 3.65. The van der Waals surface area contributed by atoms with Gasteiger partial charge in [-0.2, -0.15) is 0 Å². The maximum absolute atomic E-state index is 13.7. The Bertz CT molecular complexity index is 747. The highest BCUT2D eigenvalue weighted by Gasteiger charge is 2.06. The van der Waals surface area contributed by atoms with Crippen molar-refractivity contribution in [1.82, 2.24) is 10.6 Å². The molecule has 25 heavy (non-hydrogen) atoms. The minimum atomic E-state index is -0.478. The molecule has 4 nitrogen and oxygen atoms in total. The summed E-state index contributed by atoms with van der Waals surface area (Å²) in [5, 5.41) is 6.27. The normalized spacial score (nSPS) is 11.3. The molecule has 0 bridgehead atoms. The first kappa shape index (κ1) is 18.7. The molecule has 0 saturated carbocycles. The smallest absolute Gasteiger partial charge is 0.191 e. The van der Waals surface area contributed by atoms with Crippen molar-refractivity contribution in [2.24, 2.45) is 4.99 Å². The van der Waals surface area contributed by atoms with Crippen LogP contribution in [0.4, 0.5) is 8.78 Å². The van der Waals surface area contributed by atoms with Crippen LogP contribution in [0.3, 0.4) is 0 Å². The number of methoxy groups -OCH3 is 1. The Balaban J connectivity index is 2.09. The Labute approximate surface area is 146 Å². The molecule has 0 fully saturated rings. The highest BCUT2D eigenvalue weighted by molar-refractivity contribution is 5.79. The van der Waals surface area contributed by atoms with Crippen molar-refractivity contribution in [2.75, 3.05) is 13.7 Å². The predicted molar refractivity (Wildman–Crippen MR) is 95.7 cm³/mol. The fraction of sp³-hybridized carbons (Fsp3) is 0.316. The second-order valence-corrected chi connectivity index (χ2v) is 5.60. The molecular formula is C19H23F2N3O. The zero-order chi connectivity index (χ0) is 18.2. The fourth-order valence-electron chi connectivity index (χ4n) is 2.35. The van der Waals surface area contributed by atoms with Crippen molar-refractivity contribution >= 4 is 5.96 Å². The SMILES string of the molecule is CCNC(=NCc1cc(F)ccc1F)NCc1ccc(C)cc1OC. The van der Waals surface area contributed by atoms with Crippen LogP contribution in [0.25, 0.3) is 0 Å². The molecule has 0 aliphatic heterocycles. The summed E-state index contributed by atoms with van der Waals surface area (Å²) >= 11 is 0. The summed E-state index contributed by atoms with van der Waals surface area (Å²) in [7, 11) is 1.63. The molecule has 134 valence electrons. The van der Waals surface area contributed by atoms with Crippen LogP contribution in [-0.2, 0) is 13.1 Å². The van der Waals surface area contributed by atoms with E-state index in [4.69, 9.17) is 4.74 Å². The van der Waals surface area contributed by atoms with Crippen LogP contribution < -0.4 is 15.4 Å². The monoisotopic (exact) mass is 347 g/mol. The molecule has 0 amide bonds. The number of rotatable bonds is 6. The summed E-state index contributed by atoms with van der Waals surface area (Å²) in [6.45, 7) is 5.14. The Morgan fingerprint density at radius 1 is 1.08 bits per heavy atom. The van der Waals surface area contributed by atoms with E-state index in [1.54, 1.807) is 7.11 Å². The van der Waals surface area contributed by atoms with Crippen molar-refractivity contribution in [3.63, 3.8) is 0 Å². The summed E-state index contributed by atoms with van der Waals surface area (Å²) in [4.78, 5) is 4.32. The molecule has 2 aromatic carbocycles. The van der Waals surface area contributed by atoms with Gasteiger partial charge >= 0.3 is 0 Å². The van der Waals surface area contributed by atoms with Gasteiger partial charge in [-0.3, -0.25) is 0 Å². The lowest BCUT2D eigenvalue weighted by Gasteiger charge is -2.14. The topological polar surface area (TPSA) is 45.7 Å². The van der Waals surface area contributed by atoms with E-state index in [1.165, 1.54) is 0 Å². The van der Waals surface area contributed by atoms with E-state index in [0.29, 0.717) is 19.0 Å². The average Bonchev–Trinajstić information content (AvgIpc) is 2.60. The van der Waals surface area contributed by atoms with Gasteiger partial charge in [-0.1, -0.05) is 12.1 Å². The molecule has 0 aliphatic rings. The number of benzene rings is 2. The van der Waals surface area contributed by atoms with E-state index in [0.717, 1.165) is 35.1 Å². The molecule has 0 atom stereocenters. The van der Waals surface area contributed by atoms with Gasteiger partial charge in [0.2, 0.25) is 0 Å². The van der Waals surface area contributed by atoms with E-state index in [9.17, 15) is 8.78 Å². The highest BCUT2D eigenvalue weighted by atomic mass is 19.1. The minimum Gasteiger partial charge on any atom is -0.496 e. The average molecular weight is 347 g/mol. The summed E-state index contributed by atoms with van der Waals surface area (Å²) < 4.78 is 32.3. The Kier molecular flexibility index (Phi) is 6.74. The Morgan fingerprint density at radius 2 is 1.88 bits per heavy atom. The number of halogens is 2. The first-order valence-corrected chi connectivity index (χ1v) is 8.13. The van der Waals surface area contributed by atoms with Crippen LogP contribution in [0, 0.1) is 18.6 Å². The highest BCUT2D eigenvalue weighted by Crippen LogP contribution is 2.19. The molecule has 0 unspecified atom stereocenters. The molecule has 0 heterocycles. The number of guanidine groups is 1. The van der Waals surface area contributed by atoms with Crippen molar-refractivity contribution in [3.05, 3.63) is 64.7 Å². The van der Waals surface area contributed by atoms with Gasteiger partial charge in [-0.05, 0) is 43.7 Å². The Morgan fingerprint density at radius 3 is 2.60 bits per heavy atom. The molecule has 0 aliphatic carbocycles. The number of hydrogen-bond acceptors (Lipinski definition) is 2. The number of hydrogen-bond donors (Lipinski definition) is 2. The molecule has 0 spiro atoms. The zero-order valence-corrected chi connectivity index (χ0v) is 14.7. The van der Waals surface area contributed by atoms with Crippen molar-refractivity contribution in [3.8, 4) is 5.75 Å². The third-order valence-corrected chi connectivity index (χ3v) is 3.65. The first-order valence-electron chi connectivity index (χ1n) is 8.13. The second-order valence-electron chi connectivity index (χ2n) is 5.60. The van der Waals surface area contributed by atoms with Gasteiger partial charge in [0, 0.05) is 24.2 Å². The number of aryl methyl sites for hydroxylation is 1. The zero-order valence-electron chi connectivity index (χ0n) is 14.7. The molecule has 2 aromatic rings. The lowest BCUT2D eigenvalue weighted by molar-refractivity contribution is 0.408. The van der Waals surface area contributed by atoms with Crippen LogP contribution in [0.1, 0.15) is 23.6 Å². The second kappa shape index (κ2) is 9.01. The molecule has 2 rings (SSSR count). The maximum Gasteiger partial charge on any atom is 0.191 e. The largest absolute Gasteiger partial charge is 0.496 e. The minimum absolute atomic E-state index is 0.0456. The van der Waals surface area contributed by atoms with E-state index in [2.05, 4.69) is 15.6 Å². The van der Waals surface area contributed by atoms with Crippen molar-refractivity contribution < 1.29 is 13.5 Å². The first-order chi connectivity index (χ1) is 12.0. The van der Waals surface area contributed by atoms with Crippen LogP contribution in [0.5, 0.6) is 5.75 Å². The summed E-state index contributed by atoms with van der Waals surface area (Å²) in [5.74, 6) is 0.364. The van der Waals surface area contributed by atoms with Gasteiger partial charge in [0.05, 0.1) is 13.7 Å². The number of ether oxygens (including phenoxy) is 1. The Hall–Kier alpha value is -2.63. The van der Waals surface area contributed by atoms with Crippen LogP contribution in [0.2, 0.25) is 0 Å². The standard InChI is InChI=1S/C19H23F2N3O/c1-4-22-19(24-12-15-10-16(20)7-8-17(15)21)23-11-14-6-5-13(2)9-18(14)25-3/h5-10H,4,11-12H2,1-3H3,(H2,22,23,24). The molecule has 6 heteroatoms. The van der Waals surface area contributed by atoms with Crippen molar-refractivity contribution in [2.45, 2.75) is 26.9 Å². The predicted octanol–water partition coefficient (Wildman–Crippen LogP) is 3.54. The van der Waals surface area contributed by atoms with E-state index < -0.39 is 11.6 Å². The lowest BCUT2D eigenvalue weighted by Crippen LogP contribution is -2.36. The van der Waals surface area contributed by atoms with Gasteiger partial charge in [0.25, 0.3) is 0 Å². The maximum atomic E-state index is 13.7. The molecule has 0 radical (unpaired) electrons. The van der Waals surface area contributed by atoms with E-state index in [1.807, 2.05) is 32.0 Å². The van der Waals surface area contributed by atoms with E-state index in [-0.39, 0.29) is 12.1 Å². The summed E-state index contributed by atoms with van der Waals surface area (Å²) in [6.07, 6.45) is 0. The lowest BCUT2D eigenvalue weighted by atomic mass is 10.1. The molecule has 0 saturated heterocycles. The van der Waals surface area contributed by atoms with E-state index >= 15 is 0 Å². The fourth-order valence-corrected chi connectivity index (χ4v) is 2.35. The molecule has 2 N–H and O–H groups in total. The molecular weight excluding hydrogens is 324 g/mol. The summed E-state index contributed by atoms with van der Waals surface area (Å²) in [6, 6.07) is 9.31. The third kappa shape index (κ3) is 5.45. The van der Waals surface area contributed by atoms with Gasteiger partial charge in [-0.15, -0.1) is 0 Å². The van der Waals surface area contributed by atoms with Crippen molar-refractivity contribution in [1.29, 1.82) is 0 Å². The number of nitrogens with zero attached hydrogens (tertiary/aromatic N) is 1. The van der Waals surface area contributed by atoms with Crippen LogP contribution in [-0.4, -0.2) is 19.6 Å². The summed E-state index contributed by atoms with van der Waals surface area (Å²) in [5.41, 5.74) is 2.31. The van der Waals surface area contributed by atoms with Crippen LogP contribution in [0.15, 0.2) is 41.4 Å². The number of nitrogens with one attached hydrogen (secondary N) is 2. The van der Waals surface area contributed by atoms with Gasteiger partial charge < -0.3 is 15.4 Å². The van der Waals surface area contributed by atoms with Gasteiger partial charge in [0.1, 0.15) is 17.4 Å².